The summed E-state index contributed by atoms with van der Waals surface area (Å²) in [5.41, 5.74) is 0.654. The third-order valence-corrected chi connectivity index (χ3v) is 7.40. The molecule has 178 valence electrons. The maximum absolute atomic E-state index is 13.4. The molecule has 0 aliphatic carbocycles. The molecule has 0 saturated carbocycles. The molecule has 34 heavy (non-hydrogen) atoms. The highest BCUT2D eigenvalue weighted by molar-refractivity contribution is 7.09. The lowest BCUT2D eigenvalue weighted by atomic mass is 9.82. The first-order valence-corrected chi connectivity index (χ1v) is 12.1. The maximum atomic E-state index is 13.4. The van der Waals surface area contributed by atoms with Gasteiger partial charge in [-0.25, -0.2) is 9.97 Å². The third-order valence-electron chi connectivity index (χ3n) is 6.46. The average Bonchev–Trinajstić information content (AvgIpc) is 3.36. The zero-order chi connectivity index (χ0) is 23.7. The predicted molar refractivity (Wildman–Crippen MR) is 125 cm³/mol. The first-order valence-electron chi connectivity index (χ1n) is 11.2. The van der Waals surface area contributed by atoms with Gasteiger partial charge in [0.15, 0.2) is 0 Å². The molecule has 1 N–H and O–H groups in total. The van der Waals surface area contributed by atoms with Crippen molar-refractivity contribution in [3.63, 3.8) is 0 Å². The number of piperazine rings is 1. The number of rotatable bonds is 5. The molecule has 2 aliphatic rings. The fourth-order valence-electron chi connectivity index (χ4n) is 4.83. The van der Waals surface area contributed by atoms with Crippen LogP contribution in [0.25, 0.3) is 0 Å². The minimum Gasteiger partial charge on any atom is -0.364 e. The number of alkyl halides is 3. The van der Waals surface area contributed by atoms with E-state index < -0.39 is 17.7 Å². The first kappa shape index (κ1) is 22.6. The Morgan fingerprint density at radius 2 is 1.97 bits per heavy atom. The number of carbonyl (C=O) groups is 1. The van der Waals surface area contributed by atoms with Crippen LogP contribution in [-0.2, 0) is 23.8 Å². The van der Waals surface area contributed by atoms with Gasteiger partial charge in [0, 0.05) is 49.1 Å². The van der Waals surface area contributed by atoms with Gasteiger partial charge in [-0.3, -0.25) is 4.79 Å². The second kappa shape index (κ2) is 9.25. The topological polar surface area (TPSA) is 61.4 Å². The fourth-order valence-corrected chi connectivity index (χ4v) is 5.54. The van der Waals surface area contributed by atoms with E-state index in [1.165, 1.54) is 10.9 Å². The fraction of sp³-hybridized carbons (Fsp3) is 0.375. The van der Waals surface area contributed by atoms with Crippen molar-refractivity contribution < 1.29 is 18.0 Å². The van der Waals surface area contributed by atoms with Crippen LogP contribution >= 0.6 is 11.3 Å². The van der Waals surface area contributed by atoms with Crippen LogP contribution in [0, 0.1) is 5.92 Å². The van der Waals surface area contributed by atoms with E-state index in [0.717, 1.165) is 18.2 Å². The molecule has 1 aromatic carbocycles. The van der Waals surface area contributed by atoms with E-state index in [9.17, 15) is 18.0 Å². The molecule has 2 aliphatic heterocycles. The molecule has 1 saturated heterocycles. The summed E-state index contributed by atoms with van der Waals surface area (Å²) < 4.78 is 40.1. The smallest absolute Gasteiger partial charge is 0.364 e. The van der Waals surface area contributed by atoms with Crippen molar-refractivity contribution in [1.82, 2.24) is 15.3 Å². The number of halogens is 3. The van der Waals surface area contributed by atoms with E-state index >= 15 is 0 Å². The van der Waals surface area contributed by atoms with Crippen LogP contribution in [0.4, 0.5) is 24.8 Å². The van der Waals surface area contributed by atoms with Crippen molar-refractivity contribution >= 4 is 28.9 Å². The summed E-state index contributed by atoms with van der Waals surface area (Å²) in [7, 11) is 0. The Morgan fingerprint density at radius 1 is 1.15 bits per heavy atom. The van der Waals surface area contributed by atoms with Crippen LogP contribution in [0.15, 0.2) is 54.2 Å². The highest BCUT2D eigenvalue weighted by Gasteiger charge is 2.43. The van der Waals surface area contributed by atoms with E-state index in [1.807, 2.05) is 22.4 Å². The molecule has 0 radical (unpaired) electrons. The lowest BCUT2D eigenvalue weighted by Crippen LogP contribution is -2.61. The van der Waals surface area contributed by atoms with Crippen LogP contribution in [-0.4, -0.2) is 48.1 Å². The van der Waals surface area contributed by atoms with Crippen LogP contribution in [0.5, 0.6) is 0 Å². The highest BCUT2D eigenvalue weighted by Crippen LogP contribution is 2.40. The van der Waals surface area contributed by atoms with Gasteiger partial charge in [0.2, 0.25) is 11.9 Å². The second-order valence-corrected chi connectivity index (χ2v) is 9.56. The Bertz CT molecular complexity index is 1140. The Morgan fingerprint density at radius 3 is 2.71 bits per heavy atom. The summed E-state index contributed by atoms with van der Waals surface area (Å²) in [6.45, 7) is 2.20. The second-order valence-electron chi connectivity index (χ2n) is 8.53. The molecule has 0 bridgehead atoms. The van der Waals surface area contributed by atoms with E-state index in [0.29, 0.717) is 37.7 Å². The number of carbonyl (C=O) groups excluding carboxylic acids is 1. The van der Waals surface area contributed by atoms with Gasteiger partial charge >= 0.3 is 6.18 Å². The normalized spacial score (nSPS) is 20.0. The van der Waals surface area contributed by atoms with E-state index in [-0.39, 0.29) is 18.4 Å². The Kier molecular flexibility index (Phi) is 6.16. The molecule has 2 atom stereocenters. The minimum absolute atomic E-state index is 0.134. The molecule has 0 unspecified atom stereocenters. The Balaban J connectivity index is 1.41. The summed E-state index contributed by atoms with van der Waals surface area (Å²) in [6.07, 6.45) is -0.0810. The van der Waals surface area contributed by atoms with Crippen molar-refractivity contribution in [2.45, 2.75) is 25.1 Å². The van der Waals surface area contributed by atoms with E-state index in [1.54, 1.807) is 35.9 Å². The lowest BCUT2D eigenvalue weighted by molar-refractivity contribution is -0.137. The molecule has 2 aromatic heterocycles. The number of benzene rings is 1. The van der Waals surface area contributed by atoms with Gasteiger partial charge in [0.05, 0.1) is 17.5 Å². The summed E-state index contributed by atoms with van der Waals surface area (Å²) in [4.78, 5) is 27.3. The van der Waals surface area contributed by atoms with Crippen LogP contribution in [0.1, 0.15) is 16.0 Å². The summed E-state index contributed by atoms with van der Waals surface area (Å²) >= 11 is 1.63. The monoisotopic (exact) mass is 487 g/mol. The summed E-state index contributed by atoms with van der Waals surface area (Å²) in [6, 6.07) is 9.42. The van der Waals surface area contributed by atoms with Gasteiger partial charge in [0.1, 0.15) is 0 Å². The molecule has 4 heterocycles. The van der Waals surface area contributed by atoms with Crippen LogP contribution < -0.4 is 15.1 Å². The zero-order valence-electron chi connectivity index (χ0n) is 18.3. The molecule has 1 amide bonds. The quantitative estimate of drug-likeness (QED) is 0.594. The number of anilines is 2. The third kappa shape index (κ3) is 4.59. The highest BCUT2D eigenvalue weighted by atomic mass is 32.1. The Hall–Kier alpha value is -3.14. The van der Waals surface area contributed by atoms with Gasteiger partial charge < -0.3 is 15.1 Å². The average molecular weight is 488 g/mol. The van der Waals surface area contributed by atoms with E-state index in [2.05, 4.69) is 20.2 Å². The van der Waals surface area contributed by atoms with Crippen LogP contribution in [0.3, 0.4) is 0 Å². The van der Waals surface area contributed by atoms with Crippen molar-refractivity contribution in [1.29, 1.82) is 0 Å². The Labute approximate surface area is 199 Å². The number of amides is 1. The number of hydrogen-bond acceptors (Lipinski definition) is 6. The molecule has 5 rings (SSSR count). The number of nitrogens with one attached hydrogen (secondary N) is 1. The lowest BCUT2D eigenvalue weighted by Gasteiger charge is -2.49. The van der Waals surface area contributed by atoms with Gasteiger partial charge in [-0.2, -0.15) is 13.2 Å². The number of aromatic nitrogens is 2. The molecular weight excluding hydrogens is 463 g/mol. The zero-order valence-corrected chi connectivity index (χ0v) is 19.1. The predicted octanol–water partition coefficient (Wildman–Crippen LogP) is 3.78. The summed E-state index contributed by atoms with van der Waals surface area (Å²) in [5, 5.41) is 5.02. The largest absolute Gasteiger partial charge is 0.416 e. The number of nitrogens with zero attached hydrogens (tertiary/aromatic N) is 4. The molecule has 6 nitrogen and oxygen atoms in total. The molecule has 10 heteroatoms. The van der Waals surface area contributed by atoms with E-state index in [4.69, 9.17) is 0 Å². The standard InChI is InChI=1S/C24H24F3N5OS/c25-24(26,27)17-4-5-20-16(13-17)14-19(22(33)28-9-6-18-3-1-12-34-18)21-15-31(10-11-32(20)21)23-29-7-2-8-30-23/h1-5,7-8,12-13,19,21H,6,9-11,14-15H2,(H,28,33)/t19-,21+/m1/s1. The molecule has 3 aromatic rings. The molecule has 1 fully saturated rings. The van der Waals surface area contributed by atoms with Crippen molar-refractivity contribution in [3.05, 3.63) is 70.2 Å². The van der Waals surface area contributed by atoms with Crippen LogP contribution in [0.2, 0.25) is 0 Å². The summed E-state index contributed by atoms with van der Waals surface area (Å²) in [5.74, 6) is -0.0199. The van der Waals surface area contributed by atoms with Gasteiger partial charge in [-0.1, -0.05) is 6.07 Å². The number of fused-ring (bicyclic) bond motifs is 3. The first-order chi connectivity index (χ1) is 16.4. The van der Waals surface area contributed by atoms with Crippen molar-refractivity contribution in [3.8, 4) is 0 Å². The molecular formula is C24H24F3N5OS. The van der Waals surface area contributed by atoms with Gasteiger partial charge in [-0.15, -0.1) is 11.3 Å². The van der Waals surface area contributed by atoms with Gasteiger partial charge in [0.25, 0.3) is 0 Å². The maximum Gasteiger partial charge on any atom is 0.416 e. The minimum atomic E-state index is -4.42. The van der Waals surface area contributed by atoms with Crippen molar-refractivity contribution in [2.24, 2.45) is 5.92 Å². The number of thiophene rings is 1. The van der Waals surface area contributed by atoms with Gasteiger partial charge in [-0.05, 0) is 54.1 Å². The SMILES string of the molecule is O=C(NCCc1cccs1)[C@@H]1Cc2cc(C(F)(F)F)ccc2N2CCN(c3ncccn3)C[C@@H]12. The van der Waals surface area contributed by atoms with Crippen molar-refractivity contribution in [2.75, 3.05) is 36.0 Å². The molecule has 0 spiro atoms. The number of hydrogen-bond donors (Lipinski definition) is 1.